The maximum Gasteiger partial charge on any atom is 0.0178 e. The average Bonchev–Trinajstić information content (AvgIpc) is 2.39. The van der Waals surface area contributed by atoms with Crippen LogP contribution in [-0.2, 0) is 12.8 Å². The Morgan fingerprint density at radius 1 is 1.06 bits per heavy atom. The quantitative estimate of drug-likeness (QED) is 0.761. The number of benzene rings is 1. The highest BCUT2D eigenvalue weighted by molar-refractivity contribution is 9.10. The van der Waals surface area contributed by atoms with Gasteiger partial charge in [0.05, 0.1) is 0 Å². The zero-order valence-corrected chi connectivity index (χ0v) is 11.9. The summed E-state index contributed by atoms with van der Waals surface area (Å²) in [6.07, 6.45) is 8.13. The number of nitrogens with zero attached hydrogens (tertiary/aromatic N) is 1. The van der Waals surface area contributed by atoms with Crippen molar-refractivity contribution in [2.75, 3.05) is 13.1 Å². The Hall–Kier alpha value is -0.340. The summed E-state index contributed by atoms with van der Waals surface area (Å²) in [7, 11) is 0. The Balaban J connectivity index is 1.75. The molecule has 1 heterocycles. The first kappa shape index (κ1) is 11.7. The molecule has 1 aliphatic heterocycles. The van der Waals surface area contributed by atoms with Crippen molar-refractivity contribution in [3.8, 4) is 0 Å². The summed E-state index contributed by atoms with van der Waals surface area (Å²) < 4.78 is 1.23. The third-order valence-corrected chi connectivity index (χ3v) is 4.77. The normalized spacial score (nSPS) is 25.6. The van der Waals surface area contributed by atoms with E-state index in [2.05, 4.69) is 39.0 Å². The van der Waals surface area contributed by atoms with Crippen molar-refractivity contribution in [2.45, 2.75) is 44.6 Å². The summed E-state index contributed by atoms with van der Waals surface area (Å²) in [6, 6.07) is 7.61. The minimum atomic E-state index is 0.803. The van der Waals surface area contributed by atoms with Crippen molar-refractivity contribution in [3.05, 3.63) is 33.8 Å². The van der Waals surface area contributed by atoms with E-state index in [-0.39, 0.29) is 0 Å². The van der Waals surface area contributed by atoms with Crippen LogP contribution in [0.15, 0.2) is 22.7 Å². The van der Waals surface area contributed by atoms with Crippen molar-refractivity contribution < 1.29 is 0 Å². The van der Waals surface area contributed by atoms with E-state index in [9.17, 15) is 0 Å². The van der Waals surface area contributed by atoms with Crippen molar-refractivity contribution in [3.63, 3.8) is 0 Å². The molecule has 0 radical (unpaired) electrons. The number of rotatable bonds is 1. The summed E-state index contributed by atoms with van der Waals surface area (Å²) in [6.45, 7) is 2.65. The molecule has 1 atom stereocenters. The fourth-order valence-corrected chi connectivity index (χ4v) is 3.71. The lowest BCUT2D eigenvalue weighted by Gasteiger charge is -2.37. The fourth-order valence-electron chi connectivity index (χ4n) is 3.30. The second kappa shape index (κ2) is 5.11. The van der Waals surface area contributed by atoms with Crippen LogP contribution in [0.25, 0.3) is 0 Å². The molecule has 1 aromatic rings. The summed E-state index contributed by atoms with van der Waals surface area (Å²) >= 11 is 3.59. The van der Waals surface area contributed by atoms with Gasteiger partial charge in [0.15, 0.2) is 0 Å². The molecule has 92 valence electrons. The molecule has 3 rings (SSSR count). The third-order valence-electron chi connectivity index (χ3n) is 4.28. The predicted octanol–water partition coefficient (Wildman–Crippen LogP) is 3.79. The van der Waals surface area contributed by atoms with Gasteiger partial charge < -0.3 is 4.90 Å². The van der Waals surface area contributed by atoms with Crippen molar-refractivity contribution in [2.24, 2.45) is 0 Å². The highest BCUT2D eigenvalue weighted by Crippen LogP contribution is 2.28. The van der Waals surface area contributed by atoms with Crippen molar-refractivity contribution >= 4 is 15.9 Å². The molecule has 1 saturated heterocycles. The lowest BCUT2D eigenvalue weighted by molar-refractivity contribution is 0.150. The lowest BCUT2D eigenvalue weighted by atomic mass is 9.87. The second-order valence-corrected chi connectivity index (χ2v) is 6.32. The van der Waals surface area contributed by atoms with Crippen LogP contribution in [0.3, 0.4) is 0 Å². The first-order chi connectivity index (χ1) is 8.33. The van der Waals surface area contributed by atoms with Crippen molar-refractivity contribution in [1.29, 1.82) is 0 Å². The number of hydrogen-bond donors (Lipinski definition) is 0. The van der Waals surface area contributed by atoms with Gasteiger partial charge in [-0.25, -0.2) is 0 Å². The van der Waals surface area contributed by atoms with E-state index in [0.717, 1.165) is 6.04 Å². The first-order valence-corrected chi connectivity index (χ1v) is 7.63. The zero-order valence-electron chi connectivity index (χ0n) is 10.3. The summed E-state index contributed by atoms with van der Waals surface area (Å²) in [5.74, 6) is 0. The standard InChI is InChI=1S/C15H20BrN/c16-14-6-4-12-5-7-15(11-13(12)10-14)17-8-2-1-3-9-17/h4,6,10,15H,1-3,5,7-9,11H2. The van der Waals surface area contributed by atoms with Crippen LogP contribution in [0.5, 0.6) is 0 Å². The van der Waals surface area contributed by atoms with Gasteiger partial charge in [-0.15, -0.1) is 0 Å². The number of hydrogen-bond acceptors (Lipinski definition) is 1. The van der Waals surface area contributed by atoms with Gasteiger partial charge in [-0.2, -0.15) is 0 Å². The van der Waals surface area contributed by atoms with Crippen LogP contribution in [-0.4, -0.2) is 24.0 Å². The highest BCUT2D eigenvalue weighted by atomic mass is 79.9. The Morgan fingerprint density at radius 2 is 1.88 bits per heavy atom. The van der Waals surface area contributed by atoms with Gasteiger partial charge >= 0.3 is 0 Å². The van der Waals surface area contributed by atoms with Gasteiger partial charge in [0.1, 0.15) is 0 Å². The van der Waals surface area contributed by atoms with Gasteiger partial charge in [-0.3, -0.25) is 0 Å². The van der Waals surface area contributed by atoms with Crippen LogP contribution in [0.4, 0.5) is 0 Å². The monoisotopic (exact) mass is 293 g/mol. The number of piperidine rings is 1. The predicted molar refractivity (Wildman–Crippen MR) is 75.4 cm³/mol. The van der Waals surface area contributed by atoms with Crippen molar-refractivity contribution in [1.82, 2.24) is 4.90 Å². The fraction of sp³-hybridized carbons (Fsp3) is 0.600. The van der Waals surface area contributed by atoms with Gasteiger partial charge in [0, 0.05) is 10.5 Å². The molecule has 0 N–H and O–H groups in total. The van der Waals surface area contributed by atoms with Crippen LogP contribution in [0, 0.1) is 0 Å². The molecule has 0 amide bonds. The van der Waals surface area contributed by atoms with E-state index in [1.807, 2.05) is 0 Å². The SMILES string of the molecule is Brc1ccc2c(c1)CC(N1CCCCC1)CC2. The largest absolute Gasteiger partial charge is 0.300 e. The topological polar surface area (TPSA) is 3.24 Å². The Bertz CT molecular complexity index is 396. The van der Waals surface area contributed by atoms with Crippen LogP contribution in [0.1, 0.15) is 36.8 Å². The molecule has 1 unspecified atom stereocenters. The van der Waals surface area contributed by atoms with Gasteiger partial charge in [0.2, 0.25) is 0 Å². The van der Waals surface area contributed by atoms with Gasteiger partial charge in [-0.1, -0.05) is 28.4 Å². The molecule has 1 aliphatic carbocycles. The zero-order chi connectivity index (χ0) is 11.7. The minimum absolute atomic E-state index is 0.803. The van der Waals surface area contributed by atoms with E-state index in [0.29, 0.717) is 0 Å². The molecular weight excluding hydrogens is 274 g/mol. The highest BCUT2D eigenvalue weighted by Gasteiger charge is 2.25. The van der Waals surface area contributed by atoms with Crippen LogP contribution in [0.2, 0.25) is 0 Å². The van der Waals surface area contributed by atoms with Crippen LogP contribution >= 0.6 is 15.9 Å². The number of halogens is 1. The summed E-state index contributed by atoms with van der Waals surface area (Å²) in [4.78, 5) is 2.73. The smallest absolute Gasteiger partial charge is 0.0178 e. The lowest BCUT2D eigenvalue weighted by Crippen LogP contribution is -2.42. The Morgan fingerprint density at radius 3 is 2.71 bits per heavy atom. The third kappa shape index (κ3) is 2.58. The van der Waals surface area contributed by atoms with E-state index in [1.165, 1.54) is 56.1 Å². The molecule has 0 spiro atoms. The molecule has 0 saturated carbocycles. The average molecular weight is 294 g/mol. The number of likely N-dealkylation sites (tertiary alicyclic amines) is 1. The maximum atomic E-state index is 3.59. The molecule has 2 aliphatic rings. The molecule has 1 aromatic carbocycles. The number of fused-ring (bicyclic) bond motifs is 1. The van der Waals surface area contributed by atoms with E-state index in [1.54, 1.807) is 11.1 Å². The molecule has 0 bridgehead atoms. The second-order valence-electron chi connectivity index (χ2n) is 5.41. The molecule has 17 heavy (non-hydrogen) atoms. The van der Waals surface area contributed by atoms with E-state index < -0.39 is 0 Å². The number of aryl methyl sites for hydroxylation is 1. The molecule has 2 heteroatoms. The summed E-state index contributed by atoms with van der Waals surface area (Å²) in [5.41, 5.74) is 3.14. The van der Waals surface area contributed by atoms with Crippen LogP contribution < -0.4 is 0 Å². The molecular formula is C15H20BrN. The van der Waals surface area contributed by atoms with Gasteiger partial charge in [-0.05, 0) is 68.5 Å². The van der Waals surface area contributed by atoms with E-state index >= 15 is 0 Å². The Labute approximate surface area is 112 Å². The molecule has 0 aromatic heterocycles. The Kier molecular flexibility index (Phi) is 3.53. The minimum Gasteiger partial charge on any atom is -0.300 e. The van der Waals surface area contributed by atoms with Gasteiger partial charge in [0.25, 0.3) is 0 Å². The molecule has 1 nitrogen and oxygen atoms in total. The first-order valence-electron chi connectivity index (χ1n) is 6.84. The van der Waals surface area contributed by atoms with E-state index in [4.69, 9.17) is 0 Å². The summed E-state index contributed by atoms with van der Waals surface area (Å²) in [5, 5.41) is 0. The maximum absolute atomic E-state index is 3.59. The molecule has 1 fully saturated rings.